The Morgan fingerprint density at radius 2 is 2.29 bits per heavy atom. The van der Waals surface area contributed by atoms with Gasteiger partial charge in [-0.15, -0.1) is 0 Å². The predicted octanol–water partition coefficient (Wildman–Crippen LogP) is 1.64. The van der Waals surface area contributed by atoms with Crippen LogP contribution in [-0.4, -0.2) is 30.0 Å². The van der Waals surface area contributed by atoms with Gasteiger partial charge in [-0.25, -0.2) is 0 Å². The number of benzene rings is 1. The summed E-state index contributed by atoms with van der Waals surface area (Å²) in [6.07, 6.45) is 2.26. The van der Waals surface area contributed by atoms with Crippen LogP contribution < -0.4 is 10.6 Å². The van der Waals surface area contributed by atoms with E-state index >= 15 is 0 Å². The van der Waals surface area contributed by atoms with Crippen LogP contribution in [0.4, 0.5) is 5.69 Å². The van der Waals surface area contributed by atoms with Crippen molar-refractivity contribution in [1.29, 1.82) is 0 Å². The van der Waals surface area contributed by atoms with Crippen molar-refractivity contribution in [3.63, 3.8) is 0 Å². The third-order valence-corrected chi connectivity index (χ3v) is 3.97. The van der Waals surface area contributed by atoms with E-state index in [9.17, 15) is 14.9 Å². The Bertz CT molecular complexity index is 513. The molecule has 6 nitrogen and oxygen atoms in total. The van der Waals surface area contributed by atoms with Gasteiger partial charge in [0.2, 0.25) is 5.91 Å². The molecule has 21 heavy (non-hydrogen) atoms. The number of amides is 1. The zero-order chi connectivity index (χ0) is 15.2. The van der Waals surface area contributed by atoms with Crippen LogP contribution in [0.2, 0.25) is 0 Å². The van der Waals surface area contributed by atoms with Crippen molar-refractivity contribution in [2.75, 3.05) is 13.1 Å². The standard InChI is InChI=1S/C15H21N3O3/c1-11(13-6-4-8-16-10-13)17-15(19)9-12-5-2-3-7-14(12)18(20)21/h2-3,5,7,11,13,16H,4,6,8-10H2,1H3,(H,17,19). The molecule has 1 aromatic carbocycles. The van der Waals surface area contributed by atoms with Gasteiger partial charge in [0.25, 0.3) is 5.69 Å². The average Bonchev–Trinajstić information content (AvgIpc) is 2.48. The molecule has 2 rings (SSSR count). The minimum Gasteiger partial charge on any atom is -0.353 e. The molecule has 114 valence electrons. The molecule has 2 atom stereocenters. The molecule has 0 aliphatic carbocycles. The topological polar surface area (TPSA) is 84.3 Å². The van der Waals surface area contributed by atoms with Gasteiger partial charge in [-0.2, -0.15) is 0 Å². The maximum Gasteiger partial charge on any atom is 0.273 e. The van der Waals surface area contributed by atoms with Gasteiger partial charge in [-0.3, -0.25) is 14.9 Å². The average molecular weight is 291 g/mol. The normalized spacial score (nSPS) is 19.8. The molecule has 6 heteroatoms. The largest absolute Gasteiger partial charge is 0.353 e. The Kier molecular flexibility index (Phi) is 5.27. The van der Waals surface area contributed by atoms with Gasteiger partial charge in [0.1, 0.15) is 0 Å². The number of hydrogen-bond acceptors (Lipinski definition) is 4. The molecule has 1 aliphatic heterocycles. The first-order valence-electron chi connectivity index (χ1n) is 7.30. The highest BCUT2D eigenvalue weighted by Crippen LogP contribution is 2.19. The smallest absolute Gasteiger partial charge is 0.273 e. The van der Waals surface area contributed by atoms with Crippen LogP contribution in [0.15, 0.2) is 24.3 Å². The van der Waals surface area contributed by atoms with Crippen LogP contribution in [0.25, 0.3) is 0 Å². The van der Waals surface area contributed by atoms with Gasteiger partial charge in [0.05, 0.1) is 11.3 Å². The van der Waals surface area contributed by atoms with E-state index in [1.54, 1.807) is 18.2 Å². The summed E-state index contributed by atoms with van der Waals surface area (Å²) in [6, 6.07) is 6.45. The number of carbonyl (C=O) groups excluding carboxylic acids is 1. The number of nitrogens with one attached hydrogen (secondary N) is 2. The number of para-hydroxylation sites is 1. The van der Waals surface area contributed by atoms with Crippen molar-refractivity contribution in [3.05, 3.63) is 39.9 Å². The zero-order valence-electron chi connectivity index (χ0n) is 12.2. The van der Waals surface area contributed by atoms with E-state index in [0.717, 1.165) is 25.9 Å². The minimum absolute atomic E-state index is 0.000337. The van der Waals surface area contributed by atoms with E-state index < -0.39 is 4.92 Å². The number of carbonyl (C=O) groups is 1. The van der Waals surface area contributed by atoms with Gasteiger partial charge in [0.15, 0.2) is 0 Å². The van der Waals surface area contributed by atoms with Crippen molar-refractivity contribution < 1.29 is 9.72 Å². The van der Waals surface area contributed by atoms with Crippen LogP contribution in [0.3, 0.4) is 0 Å². The maximum absolute atomic E-state index is 12.1. The zero-order valence-corrected chi connectivity index (χ0v) is 12.2. The molecule has 2 N–H and O–H groups in total. The predicted molar refractivity (Wildman–Crippen MR) is 80.0 cm³/mol. The summed E-state index contributed by atoms with van der Waals surface area (Å²) in [6.45, 7) is 3.94. The molecule has 1 saturated heterocycles. The molecular weight excluding hydrogens is 270 g/mol. The van der Waals surface area contributed by atoms with Crippen LogP contribution in [0.1, 0.15) is 25.3 Å². The summed E-state index contributed by atoms with van der Waals surface area (Å²) in [4.78, 5) is 22.6. The fourth-order valence-corrected chi connectivity index (χ4v) is 2.74. The van der Waals surface area contributed by atoms with Gasteiger partial charge < -0.3 is 10.6 Å². The fourth-order valence-electron chi connectivity index (χ4n) is 2.74. The van der Waals surface area contributed by atoms with Gasteiger partial charge >= 0.3 is 0 Å². The molecule has 0 radical (unpaired) electrons. The van der Waals surface area contributed by atoms with Gasteiger partial charge in [0, 0.05) is 17.7 Å². The molecule has 0 bridgehead atoms. The first-order chi connectivity index (χ1) is 10.1. The molecular formula is C15H21N3O3. The van der Waals surface area contributed by atoms with Crippen LogP contribution in [0, 0.1) is 16.0 Å². The van der Waals surface area contributed by atoms with Gasteiger partial charge in [-0.1, -0.05) is 18.2 Å². The van der Waals surface area contributed by atoms with E-state index in [0.29, 0.717) is 11.5 Å². The van der Waals surface area contributed by atoms with E-state index in [1.165, 1.54) is 6.07 Å². The SMILES string of the molecule is CC(NC(=O)Cc1ccccc1[N+](=O)[O-])C1CCCNC1. The Balaban J connectivity index is 1.94. The van der Waals surface area contributed by atoms with Crippen molar-refractivity contribution in [2.24, 2.45) is 5.92 Å². The van der Waals surface area contributed by atoms with Crippen molar-refractivity contribution in [2.45, 2.75) is 32.2 Å². The summed E-state index contributed by atoms with van der Waals surface area (Å²) < 4.78 is 0. The van der Waals surface area contributed by atoms with Gasteiger partial charge in [-0.05, 0) is 38.8 Å². The fraction of sp³-hybridized carbons (Fsp3) is 0.533. The highest BCUT2D eigenvalue weighted by Gasteiger charge is 2.22. The van der Waals surface area contributed by atoms with Crippen LogP contribution in [-0.2, 0) is 11.2 Å². The summed E-state index contributed by atoms with van der Waals surface area (Å²) in [5, 5.41) is 17.2. The van der Waals surface area contributed by atoms with E-state index in [4.69, 9.17) is 0 Å². The summed E-state index contributed by atoms with van der Waals surface area (Å²) in [5.74, 6) is 0.260. The second-order valence-corrected chi connectivity index (χ2v) is 5.53. The summed E-state index contributed by atoms with van der Waals surface area (Å²) in [7, 11) is 0. The highest BCUT2D eigenvalue weighted by atomic mass is 16.6. The number of nitro groups is 1. The van der Waals surface area contributed by atoms with Crippen LogP contribution >= 0.6 is 0 Å². The van der Waals surface area contributed by atoms with Crippen molar-refractivity contribution in [3.8, 4) is 0 Å². The summed E-state index contributed by atoms with van der Waals surface area (Å²) >= 11 is 0. The lowest BCUT2D eigenvalue weighted by Crippen LogP contribution is -2.45. The molecule has 0 saturated carbocycles. The highest BCUT2D eigenvalue weighted by molar-refractivity contribution is 5.80. The van der Waals surface area contributed by atoms with E-state index in [1.807, 2.05) is 6.92 Å². The van der Waals surface area contributed by atoms with Crippen molar-refractivity contribution in [1.82, 2.24) is 10.6 Å². The lowest BCUT2D eigenvalue weighted by Gasteiger charge is -2.28. The second-order valence-electron chi connectivity index (χ2n) is 5.53. The molecule has 2 unspecified atom stereocenters. The molecule has 1 amide bonds. The molecule has 1 fully saturated rings. The third kappa shape index (κ3) is 4.26. The number of piperidine rings is 1. The molecule has 1 aliphatic rings. The molecule has 0 aromatic heterocycles. The van der Waals surface area contributed by atoms with Crippen LogP contribution in [0.5, 0.6) is 0 Å². The lowest BCUT2D eigenvalue weighted by atomic mass is 9.92. The Labute approximate surface area is 124 Å². The number of nitro benzene ring substituents is 1. The molecule has 1 heterocycles. The Hall–Kier alpha value is -1.95. The van der Waals surface area contributed by atoms with E-state index in [-0.39, 0.29) is 24.1 Å². The number of hydrogen-bond donors (Lipinski definition) is 2. The van der Waals surface area contributed by atoms with Crippen molar-refractivity contribution >= 4 is 11.6 Å². The Morgan fingerprint density at radius 3 is 2.95 bits per heavy atom. The first-order valence-corrected chi connectivity index (χ1v) is 7.30. The van der Waals surface area contributed by atoms with E-state index in [2.05, 4.69) is 10.6 Å². The molecule has 1 aromatic rings. The minimum atomic E-state index is -0.447. The molecule has 0 spiro atoms. The number of nitrogens with zero attached hydrogens (tertiary/aromatic N) is 1. The Morgan fingerprint density at radius 1 is 1.52 bits per heavy atom. The maximum atomic E-state index is 12.1. The second kappa shape index (κ2) is 7.17. The third-order valence-electron chi connectivity index (χ3n) is 3.97. The lowest BCUT2D eigenvalue weighted by molar-refractivity contribution is -0.385. The number of rotatable bonds is 5. The quantitative estimate of drug-likeness (QED) is 0.638. The summed E-state index contributed by atoms with van der Waals surface area (Å²) in [5.41, 5.74) is 0.452. The first kappa shape index (κ1) is 15.4. The monoisotopic (exact) mass is 291 g/mol.